The lowest BCUT2D eigenvalue weighted by Gasteiger charge is -2.14. The van der Waals surface area contributed by atoms with Gasteiger partial charge in [-0.3, -0.25) is 4.79 Å². The quantitative estimate of drug-likeness (QED) is 0.691. The van der Waals surface area contributed by atoms with E-state index in [-0.39, 0.29) is 10.9 Å². The summed E-state index contributed by atoms with van der Waals surface area (Å²) in [5, 5.41) is 2.60. The second-order valence-electron chi connectivity index (χ2n) is 6.70. The number of aryl methyl sites for hydroxylation is 1. The van der Waals surface area contributed by atoms with Gasteiger partial charge in [-0.05, 0) is 64.1 Å². The summed E-state index contributed by atoms with van der Waals surface area (Å²) in [5.41, 5.74) is 1.76. The first kappa shape index (κ1) is 21.6. The first-order valence-electron chi connectivity index (χ1n) is 8.79. The van der Waals surface area contributed by atoms with Crippen LogP contribution in [0.15, 0.2) is 53.4 Å². The van der Waals surface area contributed by atoms with Gasteiger partial charge in [-0.1, -0.05) is 17.7 Å². The third-order valence-corrected chi connectivity index (χ3v) is 5.44. The number of esters is 1. The fourth-order valence-electron chi connectivity index (χ4n) is 2.31. The molecule has 0 spiro atoms. The zero-order chi connectivity index (χ0) is 20.9. The molecule has 2 rings (SSSR count). The minimum absolute atomic E-state index is 0.0954. The van der Waals surface area contributed by atoms with Crippen LogP contribution in [-0.2, 0) is 19.6 Å². The number of benzene rings is 2. The lowest BCUT2D eigenvalue weighted by Crippen LogP contribution is -2.30. The lowest BCUT2D eigenvalue weighted by molar-refractivity contribution is -0.123. The van der Waals surface area contributed by atoms with Crippen LogP contribution in [0.1, 0.15) is 36.7 Å². The van der Waals surface area contributed by atoms with Crippen LogP contribution in [0.5, 0.6) is 0 Å². The topological polar surface area (TPSA) is 102 Å². The number of carbonyl (C=O) groups excluding carboxylic acids is 2. The zero-order valence-electron chi connectivity index (χ0n) is 16.2. The predicted molar refractivity (Wildman–Crippen MR) is 107 cm³/mol. The number of amides is 1. The van der Waals surface area contributed by atoms with E-state index in [2.05, 4.69) is 10.0 Å². The number of hydrogen-bond donors (Lipinski definition) is 2. The highest BCUT2D eigenvalue weighted by Gasteiger charge is 2.20. The highest BCUT2D eigenvalue weighted by Crippen LogP contribution is 2.15. The molecule has 0 saturated heterocycles. The third-order valence-electron chi connectivity index (χ3n) is 3.76. The van der Waals surface area contributed by atoms with Crippen molar-refractivity contribution in [3.05, 3.63) is 59.7 Å². The monoisotopic (exact) mass is 404 g/mol. The molecule has 2 aromatic rings. The molecule has 0 radical (unpaired) electrons. The molecule has 0 saturated carbocycles. The second kappa shape index (κ2) is 8.99. The van der Waals surface area contributed by atoms with Crippen molar-refractivity contribution in [3.8, 4) is 0 Å². The zero-order valence-corrected chi connectivity index (χ0v) is 17.0. The Morgan fingerprint density at radius 3 is 2.04 bits per heavy atom. The Hall–Kier alpha value is -2.71. The van der Waals surface area contributed by atoms with Crippen molar-refractivity contribution >= 4 is 27.6 Å². The lowest BCUT2D eigenvalue weighted by atomic mass is 10.1. The van der Waals surface area contributed by atoms with Gasteiger partial charge in [-0.15, -0.1) is 0 Å². The number of ether oxygens (including phenoxy) is 1. The SMILES string of the molecule is Cc1ccc(C(=O)OC(C)C(=O)Nc2ccc(S(=O)(=O)NC(C)C)cc2)cc1. The molecule has 8 heteroatoms. The normalized spacial score (nSPS) is 12.5. The molecule has 1 unspecified atom stereocenters. The number of anilines is 1. The molecule has 1 atom stereocenters. The standard InChI is InChI=1S/C20H24N2O5S/c1-13(2)22-28(25,26)18-11-9-17(10-12-18)21-19(23)15(4)27-20(24)16-7-5-14(3)6-8-16/h5-13,15,22H,1-4H3,(H,21,23). The summed E-state index contributed by atoms with van der Waals surface area (Å²) >= 11 is 0. The van der Waals surface area contributed by atoms with Crippen LogP contribution in [0, 0.1) is 6.92 Å². The summed E-state index contributed by atoms with van der Waals surface area (Å²) in [6.07, 6.45) is -1.01. The maximum absolute atomic E-state index is 12.2. The van der Waals surface area contributed by atoms with Crippen molar-refractivity contribution in [1.29, 1.82) is 0 Å². The maximum atomic E-state index is 12.2. The van der Waals surface area contributed by atoms with Crippen LogP contribution in [0.3, 0.4) is 0 Å². The highest BCUT2D eigenvalue weighted by atomic mass is 32.2. The summed E-state index contributed by atoms with van der Waals surface area (Å²) in [5.74, 6) is -1.11. The second-order valence-corrected chi connectivity index (χ2v) is 8.42. The predicted octanol–water partition coefficient (Wildman–Crippen LogP) is 2.87. The van der Waals surface area contributed by atoms with Gasteiger partial charge in [0.05, 0.1) is 10.5 Å². The maximum Gasteiger partial charge on any atom is 0.338 e. The van der Waals surface area contributed by atoms with Gasteiger partial charge in [0.25, 0.3) is 5.91 Å². The summed E-state index contributed by atoms with van der Waals surface area (Å²) in [6, 6.07) is 12.3. The van der Waals surface area contributed by atoms with Crippen molar-refractivity contribution in [2.45, 2.75) is 44.7 Å². The molecule has 0 aliphatic carbocycles. The van der Waals surface area contributed by atoms with Crippen molar-refractivity contribution in [1.82, 2.24) is 4.72 Å². The van der Waals surface area contributed by atoms with E-state index in [0.29, 0.717) is 11.3 Å². The van der Waals surface area contributed by atoms with Crippen LogP contribution in [-0.4, -0.2) is 32.4 Å². The summed E-state index contributed by atoms with van der Waals surface area (Å²) in [6.45, 7) is 6.82. The van der Waals surface area contributed by atoms with Gasteiger partial charge < -0.3 is 10.1 Å². The Bertz CT molecular complexity index is 936. The number of rotatable bonds is 7. The van der Waals surface area contributed by atoms with Crippen LogP contribution in [0.4, 0.5) is 5.69 Å². The summed E-state index contributed by atoms with van der Waals surface area (Å²) in [7, 11) is -3.60. The smallest absolute Gasteiger partial charge is 0.338 e. The first-order valence-corrected chi connectivity index (χ1v) is 10.3. The number of hydrogen-bond acceptors (Lipinski definition) is 5. The molecular weight excluding hydrogens is 380 g/mol. The van der Waals surface area contributed by atoms with Gasteiger partial charge in [-0.25, -0.2) is 17.9 Å². The van der Waals surface area contributed by atoms with Gasteiger partial charge in [0.15, 0.2) is 6.10 Å². The van der Waals surface area contributed by atoms with Crippen LogP contribution >= 0.6 is 0 Å². The Morgan fingerprint density at radius 2 is 1.50 bits per heavy atom. The van der Waals surface area contributed by atoms with E-state index in [4.69, 9.17) is 4.74 Å². The van der Waals surface area contributed by atoms with E-state index in [9.17, 15) is 18.0 Å². The molecule has 0 aliphatic heterocycles. The van der Waals surface area contributed by atoms with Crippen molar-refractivity contribution in [2.75, 3.05) is 5.32 Å². The van der Waals surface area contributed by atoms with E-state index in [1.807, 2.05) is 6.92 Å². The van der Waals surface area contributed by atoms with Crippen LogP contribution in [0.25, 0.3) is 0 Å². The third kappa shape index (κ3) is 5.90. The van der Waals surface area contributed by atoms with Crippen molar-refractivity contribution < 1.29 is 22.7 Å². The molecule has 28 heavy (non-hydrogen) atoms. The fourth-order valence-corrected chi connectivity index (χ4v) is 3.56. The average molecular weight is 404 g/mol. The molecular formula is C20H24N2O5S. The van der Waals surface area contributed by atoms with Crippen LogP contribution in [0.2, 0.25) is 0 Å². The van der Waals surface area contributed by atoms with E-state index in [1.54, 1.807) is 38.1 Å². The van der Waals surface area contributed by atoms with E-state index >= 15 is 0 Å². The molecule has 2 aromatic carbocycles. The molecule has 0 aromatic heterocycles. The molecule has 0 aliphatic rings. The minimum Gasteiger partial charge on any atom is -0.449 e. The van der Waals surface area contributed by atoms with E-state index in [1.165, 1.54) is 31.2 Å². The molecule has 150 valence electrons. The molecule has 0 bridgehead atoms. The van der Waals surface area contributed by atoms with Crippen molar-refractivity contribution in [2.24, 2.45) is 0 Å². The largest absolute Gasteiger partial charge is 0.449 e. The Kier molecular flexibility index (Phi) is 6.93. The summed E-state index contributed by atoms with van der Waals surface area (Å²) < 4.78 is 31.9. The first-order chi connectivity index (χ1) is 13.1. The van der Waals surface area contributed by atoms with E-state index < -0.39 is 28.0 Å². The summed E-state index contributed by atoms with van der Waals surface area (Å²) in [4.78, 5) is 24.4. The molecule has 0 heterocycles. The molecule has 2 N–H and O–H groups in total. The van der Waals surface area contributed by atoms with Gasteiger partial charge in [0.2, 0.25) is 10.0 Å². The van der Waals surface area contributed by atoms with Crippen LogP contribution < -0.4 is 10.0 Å². The molecule has 1 amide bonds. The Morgan fingerprint density at radius 1 is 0.929 bits per heavy atom. The van der Waals surface area contributed by atoms with Gasteiger partial charge >= 0.3 is 5.97 Å². The molecule has 0 fully saturated rings. The highest BCUT2D eigenvalue weighted by molar-refractivity contribution is 7.89. The van der Waals surface area contributed by atoms with Gasteiger partial charge in [0, 0.05) is 11.7 Å². The van der Waals surface area contributed by atoms with Gasteiger partial charge in [0.1, 0.15) is 0 Å². The number of sulfonamides is 1. The minimum atomic E-state index is -3.60. The number of carbonyl (C=O) groups is 2. The van der Waals surface area contributed by atoms with Crippen molar-refractivity contribution in [3.63, 3.8) is 0 Å². The Balaban J connectivity index is 1.98. The molecule has 7 nitrogen and oxygen atoms in total. The fraction of sp³-hybridized carbons (Fsp3) is 0.300. The Labute approximate surface area is 165 Å². The number of nitrogens with one attached hydrogen (secondary N) is 2. The van der Waals surface area contributed by atoms with Gasteiger partial charge in [-0.2, -0.15) is 0 Å². The van der Waals surface area contributed by atoms with E-state index in [0.717, 1.165) is 5.56 Å². The average Bonchev–Trinajstić information content (AvgIpc) is 2.61.